The van der Waals surface area contributed by atoms with Gasteiger partial charge >= 0.3 is 0 Å². The maximum absolute atomic E-state index is 12.3. The predicted molar refractivity (Wildman–Crippen MR) is 78.1 cm³/mol. The molecule has 0 aliphatic heterocycles. The number of nitrogens with one attached hydrogen (secondary N) is 1. The second-order valence-electron chi connectivity index (χ2n) is 5.47. The third-order valence-corrected chi connectivity index (χ3v) is 5.10. The maximum atomic E-state index is 12.3. The topological polar surface area (TPSA) is 68.0 Å². The molecule has 1 heterocycles. The van der Waals surface area contributed by atoms with Crippen LogP contribution in [0.3, 0.4) is 0 Å². The number of carbonyl (C=O) groups is 1. The van der Waals surface area contributed by atoms with Gasteiger partial charge in [0.05, 0.1) is 22.7 Å². The molecule has 0 saturated heterocycles. The van der Waals surface area contributed by atoms with Crippen molar-refractivity contribution in [2.24, 2.45) is 11.7 Å². The minimum atomic E-state index is -0.0227. The van der Waals surface area contributed by atoms with Crippen molar-refractivity contribution in [2.75, 3.05) is 0 Å². The summed E-state index contributed by atoms with van der Waals surface area (Å²) in [6, 6.07) is 0.0399. The maximum Gasteiger partial charge on any atom is 0.225 e. The Labute approximate surface area is 118 Å². The summed E-state index contributed by atoms with van der Waals surface area (Å²) < 4.78 is 0. The minimum Gasteiger partial charge on any atom is -0.348 e. The van der Waals surface area contributed by atoms with Crippen molar-refractivity contribution >= 4 is 17.2 Å². The number of thiazole rings is 1. The first-order valence-electron chi connectivity index (χ1n) is 6.99. The van der Waals surface area contributed by atoms with Gasteiger partial charge in [-0.3, -0.25) is 4.79 Å². The number of aryl methyl sites for hydroxylation is 2. The molecule has 0 spiro atoms. The molecular formula is C14H23N3OS. The first kappa shape index (κ1) is 14.5. The van der Waals surface area contributed by atoms with E-state index < -0.39 is 0 Å². The minimum absolute atomic E-state index is 0.0187. The van der Waals surface area contributed by atoms with Crippen molar-refractivity contribution in [3.63, 3.8) is 0 Å². The molecule has 106 valence electrons. The van der Waals surface area contributed by atoms with Gasteiger partial charge in [-0.1, -0.05) is 12.8 Å². The van der Waals surface area contributed by atoms with E-state index >= 15 is 0 Å². The van der Waals surface area contributed by atoms with Crippen molar-refractivity contribution in [2.45, 2.75) is 58.5 Å². The average Bonchev–Trinajstić information content (AvgIpc) is 2.69. The first-order valence-corrected chi connectivity index (χ1v) is 7.80. The fourth-order valence-electron chi connectivity index (χ4n) is 2.82. The molecule has 3 atom stereocenters. The highest BCUT2D eigenvalue weighted by Crippen LogP contribution is 2.27. The molecule has 1 aliphatic carbocycles. The van der Waals surface area contributed by atoms with Gasteiger partial charge in [-0.05, 0) is 33.6 Å². The Kier molecular flexibility index (Phi) is 4.58. The lowest BCUT2D eigenvalue weighted by Gasteiger charge is -2.28. The molecule has 0 aromatic carbocycles. The van der Waals surface area contributed by atoms with Crippen molar-refractivity contribution in [3.05, 3.63) is 15.6 Å². The molecule has 19 heavy (non-hydrogen) atoms. The summed E-state index contributed by atoms with van der Waals surface area (Å²) >= 11 is 1.65. The number of rotatable bonds is 3. The number of hydrogen-bond donors (Lipinski definition) is 2. The van der Waals surface area contributed by atoms with Gasteiger partial charge in [0.15, 0.2) is 0 Å². The van der Waals surface area contributed by atoms with E-state index in [2.05, 4.69) is 10.3 Å². The number of nitrogens with two attached hydrogens (primary N) is 1. The van der Waals surface area contributed by atoms with Gasteiger partial charge in [-0.15, -0.1) is 11.3 Å². The van der Waals surface area contributed by atoms with E-state index in [1.165, 1.54) is 0 Å². The summed E-state index contributed by atoms with van der Waals surface area (Å²) in [6.45, 7) is 6.01. The molecule has 1 saturated carbocycles. The van der Waals surface area contributed by atoms with Crippen LogP contribution in [0.4, 0.5) is 0 Å². The number of nitrogens with zero attached hydrogens (tertiary/aromatic N) is 1. The fraction of sp³-hybridized carbons (Fsp3) is 0.714. The van der Waals surface area contributed by atoms with Crippen molar-refractivity contribution in [1.82, 2.24) is 10.3 Å². The van der Waals surface area contributed by atoms with E-state index in [1.54, 1.807) is 11.3 Å². The molecule has 1 fully saturated rings. The third-order valence-electron chi connectivity index (χ3n) is 3.85. The molecule has 3 N–H and O–H groups in total. The smallest absolute Gasteiger partial charge is 0.225 e. The van der Waals surface area contributed by atoms with Crippen LogP contribution in [0.1, 0.15) is 54.2 Å². The van der Waals surface area contributed by atoms with Crippen LogP contribution in [0, 0.1) is 19.8 Å². The van der Waals surface area contributed by atoms with Gasteiger partial charge in [0.1, 0.15) is 0 Å². The van der Waals surface area contributed by atoms with Crippen LogP contribution in [0.15, 0.2) is 0 Å². The normalized spacial score (nSPS) is 25.1. The van der Waals surface area contributed by atoms with E-state index in [1.807, 2.05) is 20.8 Å². The van der Waals surface area contributed by atoms with E-state index in [-0.39, 0.29) is 23.9 Å². The largest absolute Gasteiger partial charge is 0.348 e. The molecule has 3 unspecified atom stereocenters. The first-order chi connectivity index (χ1) is 8.99. The fourth-order valence-corrected chi connectivity index (χ4v) is 3.75. The summed E-state index contributed by atoms with van der Waals surface area (Å²) in [6.07, 6.45) is 4.14. The predicted octanol–water partition coefficient (Wildman–Crippen LogP) is 2.45. The SMILES string of the molecule is Cc1nc(C)c(C(C)NC(=O)C2CCCCC2N)s1. The van der Waals surface area contributed by atoms with Crippen molar-refractivity contribution < 1.29 is 4.79 Å². The van der Waals surface area contributed by atoms with Gasteiger partial charge in [0.2, 0.25) is 5.91 Å². The highest BCUT2D eigenvalue weighted by molar-refractivity contribution is 7.11. The third kappa shape index (κ3) is 3.34. The van der Waals surface area contributed by atoms with Gasteiger partial charge in [-0.25, -0.2) is 4.98 Å². The van der Waals surface area contributed by atoms with Crippen LogP contribution in [0.25, 0.3) is 0 Å². The van der Waals surface area contributed by atoms with Crippen LogP contribution in [-0.4, -0.2) is 16.9 Å². The van der Waals surface area contributed by atoms with E-state index in [9.17, 15) is 4.79 Å². The summed E-state index contributed by atoms with van der Waals surface area (Å²) in [5, 5.41) is 4.15. The van der Waals surface area contributed by atoms with E-state index in [0.717, 1.165) is 41.3 Å². The average molecular weight is 281 g/mol. The Morgan fingerprint density at radius 1 is 1.42 bits per heavy atom. The van der Waals surface area contributed by atoms with Gasteiger partial charge in [-0.2, -0.15) is 0 Å². The molecule has 4 nitrogen and oxygen atoms in total. The van der Waals surface area contributed by atoms with Crippen molar-refractivity contribution in [1.29, 1.82) is 0 Å². The summed E-state index contributed by atoms with van der Waals surface area (Å²) in [4.78, 5) is 17.9. The Balaban J connectivity index is 2.00. The molecule has 0 bridgehead atoms. The zero-order chi connectivity index (χ0) is 14.0. The lowest BCUT2D eigenvalue weighted by Crippen LogP contribution is -2.44. The highest BCUT2D eigenvalue weighted by Gasteiger charge is 2.29. The van der Waals surface area contributed by atoms with Crippen LogP contribution in [0.2, 0.25) is 0 Å². The zero-order valence-corrected chi connectivity index (χ0v) is 12.7. The molecule has 1 aromatic rings. The molecule has 5 heteroatoms. The summed E-state index contributed by atoms with van der Waals surface area (Å²) in [7, 11) is 0. The molecule has 1 aliphatic rings. The lowest BCUT2D eigenvalue weighted by molar-refractivity contribution is -0.127. The molecule has 1 aromatic heterocycles. The quantitative estimate of drug-likeness (QED) is 0.894. The van der Waals surface area contributed by atoms with Crippen LogP contribution in [0.5, 0.6) is 0 Å². The number of aromatic nitrogens is 1. The number of hydrogen-bond acceptors (Lipinski definition) is 4. The molecule has 0 radical (unpaired) electrons. The van der Waals surface area contributed by atoms with E-state index in [4.69, 9.17) is 5.73 Å². The second-order valence-corrected chi connectivity index (χ2v) is 6.70. The highest BCUT2D eigenvalue weighted by atomic mass is 32.1. The van der Waals surface area contributed by atoms with E-state index in [0.29, 0.717) is 0 Å². The Morgan fingerprint density at radius 3 is 2.68 bits per heavy atom. The molecular weight excluding hydrogens is 258 g/mol. The monoisotopic (exact) mass is 281 g/mol. The Bertz CT molecular complexity index is 458. The lowest BCUT2D eigenvalue weighted by atomic mass is 9.84. The van der Waals surface area contributed by atoms with Gasteiger partial charge < -0.3 is 11.1 Å². The second kappa shape index (κ2) is 6.01. The molecule has 2 rings (SSSR count). The van der Waals surface area contributed by atoms with Crippen LogP contribution < -0.4 is 11.1 Å². The zero-order valence-electron chi connectivity index (χ0n) is 11.9. The van der Waals surface area contributed by atoms with Gasteiger partial charge in [0.25, 0.3) is 0 Å². The Hall–Kier alpha value is -0.940. The van der Waals surface area contributed by atoms with Crippen molar-refractivity contribution in [3.8, 4) is 0 Å². The summed E-state index contributed by atoms with van der Waals surface area (Å²) in [5.74, 6) is 0.0793. The number of carbonyl (C=O) groups excluding carboxylic acids is 1. The Morgan fingerprint density at radius 2 is 2.11 bits per heavy atom. The summed E-state index contributed by atoms with van der Waals surface area (Å²) in [5.41, 5.74) is 7.07. The van der Waals surface area contributed by atoms with Crippen LogP contribution in [-0.2, 0) is 4.79 Å². The van der Waals surface area contributed by atoms with Gasteiger partial charge in [0, 0.05) is 10.9 Å². The van der Waals surface area contributed by atoms with Crippen LogP contribution >= 0.6 is 11.3 Å². The standard InChI is InChI=1S/C14H23N3OS/c1-8-13(19-10(3)16-8)9(2)17-14(18)11-6-4-5-7-12(11)15/h9,11-12H,4-7,15H2,1-3H3,(H,17,18). The molecule has 1 amide bonds. The number of amides is 1.